The number of aromatic nitrogens is 1. The maximum Gasteiger partial charge on any atom is 0.0346 e. The third kappa shape index (κ3) is 2.47. The van der Waals surface area contributed by atoms with Gasteiger partial charge >= 0.3 is 0 Å². The molecule has 0 aliphatic rings. The standard InChI is InChI=1S/C14H16N2/c1-2-3-8-15-10-13-11-16-9-12-6-4-5-7-14(12)13/h2,4-7,9,11,15H,1,3,8,10H2. The van der Waals surface area contributed by atoms with Crippen molar-refractivity contribution in [3.05, 3.63) is 54.9 Å². The zero-order valence-electron chi connectivity index (χ0n) is 9.32. The van der Waals surface area contributed by atoms with Crippen molar-refractivity contribution in [2.45, 2.75) is 13.0 Å². The molecule has 0 radical (unpaired) electrons. The van der Waals surface area contributed by atoms with Gasteiger partial charge in [-0.05, 0) is 23.9 Å². The van der Waals surface area contributed by atoms with Gasteiger partial charge in [0.15, 0.2) is 0 Å². The minimum absolute atomic E-state index is 0.863. The second kappa shape index (κ2) is 5.42. The van der Waals surface area contributed by atoms with Crippen LogP contribution in [0.3, 0.4) is 0 Å². The average molecular weight is 212 g/mol. The first kappa shape index (κ1) is 10.8. The van der Waals surface area contributed by atoms with Crippen molar-refractivity contribution in [3.63, 3.8) is 0 Å². The molecule has 0 bridgehead atoms. The molecule has 1 aromatic heterocycles. The normalized spacial score (nSPS) is 10.5. The van der Waals surface area contributed by atoms with Gasteiger partial charge in [-0.2, -0.15) is 0 Å². The SMILES string of the molecule is C=CCCNCc1cncc2ccccc12. The van der Waals surface area contributed by atoms with Crippen molar-refractivity contribution in [1.29, 1.82) is 0 Å². The lowest BCUT2D eigenvalue weighted by molar-refractivity contribution is 0.697. The summed E-state index contributed by atoms with van der Waals surface area (Å²) in [5, 5.41) is 5.86. The Balaban J connectivity index is 2.14. The summed E-state index contributed by atoms with van der Waals surface area (Å²) in [6.07, 6.45) is 6.76. The highest BCUT2D eigenvalue weighted by molar-refractivity contribution is 5.84. The van der Waals surface area contributed by atoms with Gasteiger partial charge < -0.3 is 5.32 Å². The first-order chi connectivity index (χ1) is 7.92. The summed E-state index contributed by atoms with van der Waals surface area (Å²) in [5.74, 6) is 0. The van der Waals surface area contributed by atoms with Gasteiger partial charge in [0.05, 0.1) is 0 Å². The van der Waals surface area contributed by atoms with E-state index in [1.807, 2.05) is 24.5 Å². The molecule has 82 valence electrons. The second-order valence-electron chi connectivity index (χ2n) is 3.77. The average Bonchev–Trinajstić information content (AvgIpc) is 2.35. The Kier molecular flexibility index (Phi) is 3.67. The minimum Gasteiger partial charge on any atom is -0.312 e. The fourth-order valence-corrected chi connectivity index (χ4v) is 1.75. The van der Waals surface area contributed by atoms with Crippen molar-refractivity contribution in [1.82, 2.24) is 10.3 Å². The minimum atomic E-state index is 0.863. The largest absolute Gasteiger partial charge is 0.312 e. The Morgan fingerprint density at radius 3 is 3.00 bits per heavy atom. The summed E-state index contributed by atoms with van der Waals surface area (Å²) in [5.41, 5.74) is 1.25. The van der Waals surface area contributed by atoms with E-state index in [1.165, 1.54) is 16.3 Å². The summed E-state index contributed by atoms with van der Waals surface area (Å²) in [7, 11) is 0. The molecule has 0 saturated carbocycles. The molecular formula is C14H16N2. The molecule has 2 aromatic rings. The van der Waals surface area contributed by atoms with E-state index in [9.17, 15) is 0 Å². The molecular weight excluding hydrogens is 196 g/mol. The summed E-state index contributed by atoms with van der Waals surface area (Å²) >= 11 is 0. The Labute approximate surface area is 96.0 Å². The van der Waals surface area contributed by atoms with Gasteiger partial charge in [-0.25, -0.2) is 0 Å². The van der Waals surface area contributed by atoms with Crippen LogP contribution in [0.4, 0.5) is 0 Å². The lowest BCUT2D eigenvalue weighted by atomic mass is 10.1. The van der Waals surface area contributed by atoms with Crippen LogP contribution in [0.5, 0.6) is 0 Å². The quantitative estimate of drug-likeness (QED) is 0.609. The summed E-state index contributed by atoms with van der Waals surface area (Å²) in [4.78, 5) is 4.25. The van der Waals surface area contributed by atoms with Crippen LogP contribution in [0.1, 0.15) is 12.0 Å². The Hall–Kier alpha value is -1.67. The zero-order chi connectivity index (χ0) is 11.2. The van der Waals surface area contributed by atoms with Crippen LogP contribution in [0.15, 0.2) is 49.3 Å². The van der Waals surface area contributed by atoms with E-state index >= 15 is 0 Å². The number of hydrogen-bond donors (Lipinski definition) is 1. The van der Waals surface area contributed by atoms with Gasteiger partial charge in [-0.1, -0.05) is 30.3 Å². The summed E-state index contributed by atoms with van der Waals surface area (Å²) < 4.78 is 0. The summed E-state index contributed by atoms with van der Waals surface area (Å²) in [6, 6.07) is 8.34. The molecule has 0 fully saturated rings. The highest BCUT2D eigenvalue weighted by Crippen LogP contribution is 2.16. The number of rotatable bonds is 5. The van der Waals surface area contributed by atoms with Crippen molar-refractivity contribution >= 4 is 10.8 Å². The van der Waals surface area contributed by atoms with Crippen LogP contribution in [0.2, 0.25) is 0 Å². The molecule has 1 N–H and O–H groups in total. The Morgan fingerprint density at radius 2 is 2.12 bits per heavy atom. The first-order valence-electron chi connectivity index (χ1n) is 5.55. The molecule has 2 heteroatoms. The Bertz CT molecular complexity index is 472. The van der Waals surface area contributed by atoms with E-state index in [2.05, 4.69) is 35.1 Å². The molecule has 16 heavy (non-hydrogen) atoms. The number of pyridine rings is 1. The van der Waals surface area contributed by atoms with Crippen LogP contribution < -0.4 is 5.32 Å². The molecule has 2 rings (SSSR count). The molecule has 0 unspecified atom stereocenters. The van der Waals surface area contributed by atoms with E-state index in [1.54, 1.807) is 0 Å². The lowest BCUT2D eigenvalue weighted by Gasteiger charge is -2.06. The van der Waals surface area contributed by atoms with E-state index < -0.39 is 0 Å². The number of nitrogens with zero attached hydrogens (tertiary/aromatic N) is 1. The smallest absolute Gasteiger partial charge is 0.0346 e. The predicted octanol–water partition coefficient (Wildman–Crippen LogP) is 2.90. The van der Waals surface area contributed by atoms with Gasteiger partial charge in [-0.3, -0.25) is 4.98 Å². The maximum absolute atomic E-state index is 4.25. The molecule has 1 aromatic carbocycles. The molecule has 1 heterocycles. The monoisotopic (exact) mass is 212 g/mol. The molecule has 0 atom stereocenters. The number of hydrogen-bond acceptors (Lipinski definition) is 2. The van der Waals surface area contributed by atoms with Gasteiger partial charge in [0.1, 0.15) is 0 Å². The topological polar surface area (TPSA) is 24.9 Å². The Morgan fingerprint density at radius 1 is 1.25 bits per heavy atom. The highest BCUT2D eigenvalue weighted by atomic mass is 14.8. The van der Waals surface area contributed by atoms with Gasteiger partial charge in [0.2, 0.25) is 0 Å². The lowest BCUT2D eigenvalue weighted by Crippen LogP contribution is -2.14. The number of benzene rings is 1. The van der Waals surface area contributed by atoms with Gasteiger partial charge in [0.25, 0.3) is 0 Å². The predicted molar refractivity (Wildman–Crippen MR) is 68.3 cm³/mol. The molecule has 0 aliphatic heterocycles. The zero-order valence-corrected chi connectivity index (χ0v) is 9.32. The second-order valence-corrected chi connectivity index (χ2v) is 3.77. The third-order valence-electron chi connectivity index (χ3n) is 2.59. The summed E-state index contributed by atoms with van der Waals surface area (Å²) in [6.45, 7) is 5.53. The van der Waals surface area contributed by atoms with E-state index in [0.29, 0.717) is 0 Å². The van der Waals surface area contributed by atoms with Crippen LogP contribution in [0.25, 0.3) is 10.8 Å². The van der Waals surface area contributed by atoms with Crippen molar-refractivity contribution in [2.75, 3.05) is 6.54 Å². The van der Waals surface area contributed by atoms with Crippen LogP contribution in [-0.4, -0.2) is 11.5 Å². The molecule has 0 amide bonds. The van der Waals surface area contributed by atoms with Crippen LogP contribution in [-0.2, 0) is 6.54 Å². The molecule has 0 saturated heterocycles. The molecule has 2 nitrogen and oxygen atoms in total. The third-order valence-corrected chi connectivity index (χ3v) is 2.59. The molecule has 0 aliphatic carbocycles. The first-order valence-corrected chi connectivity index (χ1v) is 5.55. The maximum atomic E-state index is 4.25. The van der Waals surface area contributed by atoms with E-state index in [4.69, 9.17) is 0 Å². The van der Waals surface area contributed by atoms with Crippen molar-refractivity contribution in [3.8, 4) is 0 Å². The van der Waals surface area contributed by atoms with E-state index in [-0.39, 0.29) is 0 Å². The van der Waals surface area contributed by atoms with Crippen molar-refractivity contribution in [2.24, 2.45) is 0 Å². The van der Waals surface area contributed by atoms with Gasteiger partial charge in [0, 0.05) is 24.3 Å². The van der Waals surface area contributed by atoms with E-state index in [0.717, 1.165) is 19.5 Å². The fraction of sp³-hybridized carbons (Fsp3) is 0.214. The number of fused-ring (bicyclic) bond motifs is 1. The van der Waals surface area contributed by atoms with Crippen LogP contribution >= 0.6 is 0 Å². The fourth-order valence-electron chi connectivity index (χ4n) is 1.75. The van der Waals surface area contributed by atoms with Crippen LogP contribution in [0, 0.1) is 0 Å². The number of nitrogens with one attached hydrogen (secondary N) is 1. The van der Waals surface area contributed by atoms with Gasteiger partial charge in [-0.15, -0.1) is 6.58 Å². The molecule has 0 spiro atoms. The highest BCUT2D eigenvalue weighted by Gasteiger charge is 1.99. The van der Waals surface area contributed by atoms with Crippen molar-refractivity contribution < 1.29 is 0 Å².